The van der Waals surface area contributed by atoms with Crippen LogP contribution in [0.25, 0.3) is 0 Å². The fourth-order valence-corrected chi connectivity index (χ4v) is 5.32. The lowest BCUT2D eigenvalue weighted by Gasteiger charge is -2.29. The van der Waals surface area contributed by atoms with Crippen molar-refractivity contribution in [2.45, 2.75) is 17.7 Å². The molecule has 94 valence electrons. The van der Waals surface area contributed by atoms with Crippen LogP contribution in [0.1, 0.15) is 5.56 Å². The van der Waals surface area contributed by atoms with E-state index in [1.165, 1.54) is 26.4 Å². The molecule has 1 aliphatic rings. The molecule has 2 rings (SSSR count). The fourth-order valence-electron chi connectivity index (χ4n) is 2.03. The van der Waals surface area contributed by atoms with Gasteiger partial charge in [0.2, 0.25) is 0 Å². The van der Waals surface area contributed by atoms with Crippen LogP contribution in [-0.2, 0) is 6.42 Å². The molecule has 1 heterocycles. The zero-order chi connectivity index (χ0) is 12.1. The lowest BCUT2D eigenvalue weighted by Crippen LogP contribution is -2.40. The average Bonchev–Trinajstić information content (AvgIpc) is 2.39. The van der Waals surface area contributed by atoms with E-state index in [4.69, 9.17) is 0 Å². The molecule has 0 saturated carbocycles. The van der Waals surface area contributed by atoms with Crippen molar-refractivity contribution in [1.29, 1.82) is 0 Å². The van der Waals surface area contributed by atoms with E-state index in [9.17, 15) is 0 Å². The molecule has 1 N–H and O–H groups in total. The molecule has 1 aromatic carbocycles. The second kappa shape index (κ2) is 7.26. The van der Waals surface area contributed by atoms with Crippen molar-refractivity contribution < 1.29 is 0 Å². The van der Waals surface area contributed by atoms with Gasteiger partial charge in [-0.2, -0.15) is 23.5 Å². The van der Waals surface area contributed by atoms with Crippen molar-refractivity contribution in [1.82, 2.24) is 5.32 Å². The van der Waals surface area contributed by atoms with Crippen molar-refractivity contribution in [2.75, 3.05) is 24.3 Å². The van der Waals surface area contributed by atoms with Gasteiger partial charge >= 0.3 is 0 Å². The monoisotopic (exact) mass is 379 g/mol. The van der Waals surface area contributed by atoms with Crippen LogP contribution in [0.4, 0.5) is 0 Å². The number of rotatable bonds is 4. The Morgan fingerprint density at radius 3 is 2.71 bits per heavy atom. The highest BCUT2D eigenvalue weighted by Crippen LogP contribution is 2.27. The Balaban J connectivity index is 1.96. The molecule has 1 aliphatic heterocycles. The third kappa shape index (κ3) is 4.33. The molecule has 1 nitrogen and oxygen atoms in total. The van der Waals surface area contributed by atoms with Crippen LogP contribution in [-0.4, -0.2) is 35.6 Å². The SMILES string of the molecule is CNC(Cc1ccc(I)cc1)C1CSCCS1. The van der Waals surface area contributed by atoms with Gasteiger partial charge in [0, 0.05) is 32.1 Å². The molecule has 0 amide bonds. The smallest absolute Gasteiger partial charge is 0.0295 e. The van der Waals surface area contributed by atoms with Gasteiger partial charge in [-0.05, 0) is 53.8 Å². The molecule has 4 heteroatoms. The maximum Gasteiger partial charge on any atom is 0.0295 e. The Morgan fingerprint density at radius 1 is 1.35 bits per heavy atom. The molecule has 2 atom stereocenters. The van der Waals surface area contributed by atoms with E-state index in [0.29, 0.717) is 6.04 Å². The van der Waals surface area contributed by atoms with Gasteiger partial charge < -0.3 is 5.32 Å². The van der Waals surface area contributed by atoms with E-state index in [1.807, 2.05) is 0 Å². The number of likely N-dealkylation sites (N-methyl/N-ethyl adjacent to an activating group) is 1. The normalized spacial score (nSPS) is 22.4. The van der Waals surface area contributed by atoms with E-state index in [2.05, 4.69) is 82.7 Å². The van der Waals surface area contributed by atoms with Gasteiger partial charge in [-0.1, -0.05) is 12.1 Å². The van der Waals surface area contributed by atoms with Crippen LogP contribution in [0.15, 0.2) is 24.3 Å². The van der Waals surface area contributed by atoms with Crippen molar-refractivity contribution >= 4 is 46.1 Å². The summed E-state index contributed by atoms with van der Waals surface area (Å²) in [6.07, 6.45) is 1.14. The Bertz CT molecular complexity index is 336. The number of thioether (sulfide) groups is 2. The number of benzene rings is 1. The lowest BCUT2D eigenvalue weighted by atomic mass is 10.0. The summed E-state index contributed by atoms with van der Waals surface area (Å²) in [6, 6.07) is 9.52. The summed E-state index contributed by atoms with van der Waals surface area (Å²) in [6.45, 7) is 0. The summed E-state index contributed by atoms with van der Waals surface area (Å²) >= 11 is 6.59. The minimum absolute atomic E-state index is 0.605. The van der Waals surface area contributed by atoms with Crippen LogP contribution in [0.5, 0.6) is 0 Å². The fraction of sp³-hybridized carbons (Fsp3) is 0.538. The number of hydrogen-bond donors (Lipinski definition) is 1. The highest BCUT2D eigenvalue weighted by molar-refractivity contribution is 14.1. The first-order chi connectivity index (χ1) is 8.29. The van der Waals surface area contributed by atoms with Crippen LogP contribution in [0.2, 0.25) is 0 Å². The van der Waals surface area contributed by atoms with Crippen molar-refractivity contribution in [3.8, 4) is 0 Å². The van der Waals surface area contributed by atoms with Crippen LogP contribution >= 0.6 is 46.1 Å². The van der Waals surface area contributed by atoms with Crippen molar-refractivity contribution in [3.63, 3.8) is 0 Å². The minimum Gasteiger partial charge on any atom is -0.316 e. The predicted octanol–water partition coefficient (Wildman–Crippen LogP) is 3.27. The molecule has 1 saturated heterocycles. The van der Waals surface area contributed by atoms with Crippen LogP contribution in [0.3, 0.4) is 0 Å². The topological polar surface area (TPSA) is 12.0 Å². The number of halogens is 1. The van der Waals surface area contributed by atoms with Gasteiger partial charge in [0.1, 0.15) is 0 Å². The molecule has 17 heavy (non-hydrogen) atoms. The quantitative estimate of drug-likeness (QED) is 0.807. The number of nitrogens with one attached hydrogen (secondary N) is 1. The van der Waals surface area contributed by atoms with Gasteiger partial charge in [-0.15, -0.1) is 0 Å². The number of hydrogen-bond acceptors (Lipinski definition) is 3. The molecule has 0 aliphatic carbocycles. The van der Waals surface area contributed by atoms with Gasteiger partial charge in [0.25, 0.3) is 0 Å². The zero-order valence-electron chi connectivity index (χ0n) is 9.99. The first kappa shape index (κ1) is 14.0. The maximum absolute atomic E-state index is 3.50. The third-order valence-electron chi connectivity index (χ3n) is 3.03. The summed E-state index contributed by atoms with van der Waals surface area (Å²) in [5, 5.41) is 4.26. The average molecular weight is 379 g/mol. The molecule has 1 aromatic rings. The highest BCUT2D eigenvalue weighted by Gasteiger charge is 2.23. The summed E-state index contributed by atoms with van der Waals surface area (Å²) in [7, 11) is 2.09. The third-order valence-corrected chi connectivity index (χ3v) is 6.67. The van der Waals surface area contributed by atoms with E-state index < -0.39 is 0 Å². The van der Waals surface area contributed by atoms with E-state index in [-0.39, 0.29) is 0 Å². The lowest BCUT2D eigenvalue weighted by molar-refractivity contribution is 0.557. The molecular weight excluding hydrogens is 361 g/mol. The standard InChI is InChI=1S/C13H18INS2/c1-15-12(13-9-16-6-7-17-13)8-10-2-4-11(14)5-3-10/h2-5,12-13,15H,6-9H2,1H3. The largest absolute Gasteiger partial charge is 0.316 e. The molecule has 0 radical (unpaired) electrons. The van der Waals surface area contributed by atoms with E-state index in [0.717, 1.165) is 11.7 Å². The summed E-state index contributed by atoms with van der Waals surface area (Å²) < 4.78 is 1.31. The molecule has 0 bridgehead atoms. The van der Waals surface area contributed by atoms with Gasteiger partial charge in [-0.3, -0.25) is 0 Å². The van der Waals surface area contributed by atoms with Gasteiger partial charge in [-0.25, -0.2) is 0 Å². The molecular formula is C13H18INS2. The first-order valence-electron chi connectivity index (χ1n) is 5.90. The molecule has 0 spiro atoms. The zero-order valence-corrected chi connectivity index (χ0v) is 13.8. The summed E-state index contributed by atoms with van der Waals surface area (Å²) in [4.78, 5) is 0. The highest BCUT2D eigenvalue weighted by atomic mass is 127. The molecule has 2 unspecified atom stereocenters. The summed E-state index contributed by atoms with van der Waals surface area (Å²) in [5.74, 6) is 3.92. The van der Waals surface area contributed by atoms with Crippen molar-refractivity contribution in [2.24, 2.45) is 0 Å². The maximum atomic E-state index is 3.50. The Morgan fingerprint density at radius 2 is 2.12 bits per heavy atom. The van der Waals surface area contributed by atoms with E-state index >= 15 is 0 Å². The Kier molecular flexibility index (Phi) is 5.99. The Labute approximate surface area is 126 Å². The second-order valence-corrected chi connectivity index (χ2v) is 7.95. The predicted molar refractivity (Wildman–Crippen MR) is 89.3 cm³/mol. The van der Waals surface area contributed by atoms with Crippen LogP contribution in [0, 0.1) is 3.57 Å². The molecule has 0 aromatic heterocycles. The van der Waals surface area contributed by atoms with Gasteiger partial charge in [0.15, 0.2) is 0 Å². The first-order valence-corrected chi connectivity index (χ1v) is 9.19. The van der Waals surface area contributed by atoms with E-state index in [1.54, 1.807) is 0 Å². The Hall–Kier alpha value is 0.610. The van der Waals surface area contributed by atoms with Crippen molar-refractivity contribution in [3.05, 3.63) is 33.4 Å². The minimum atomic E-state index is 0.605. The van der Waals surface area contributed by atoms with Crippen LogP contribution < -0.4 is 5.32 Å². The second-order valence-electron chi connectivity index (χ2n) is 4.21. The van der Waals surface area contributed by atoms with Gasteiger partial charge in [0.05, 0.1) is 0 Å². The summed E-state index contributed by atoms with van der Waals surface area (Å²) in [5.41, 5.74) is 1.45. The molecule has 1 fully saturated rings.